The average Bonchev–Trinajstić information content (AvgIpc) is 2.87. The summed E-state index contributed by atoms with van der Waals surface area (Å²) in [6.07, 6.45) is 4.45. The maximum absolute atomic E-state index is 5.97. The maximum atomic E-state index is 5.97. The highest BCUT2D eigenvalue weighted by Gasteiger charge is 2.39. The molecule has 0 unspecified atom stereocenters. The molecule has 0 radical (unpaired) electrons. The normalized spacial score (nSPS) is 28.5. The van der Waals surface area contributed by atoms with E-state index in [4.69, 9.17) is 15.0 Å². The molecular weight excluding hydrogens is 230 g/mol. The van der Waals surface area contributed by atoms with Crippen LogP contribution in [0.3, 0.4) is 0 Å². The maximum Gasteiger partial charge on any atom is 0.234 e. The third-order valence-electron chi connectivity index (χ3n) is 3.98. The summed E-state index contributed by atoms with van der Waals surface area (Å²) in [4.78, 5) is 4.46. The van der Waals surface area contributed by atoms with Gasteiger partial charge in [0.1, 0.15) is 6.61 Å². The van der Waals surface area contributed by atoms with Gasteiger partial charge in [-0.25, -0.2) is 0 Å². The van der Waals surface area contributed by atoms with E-state index in [1.807, 2.05) is 6.92 Å². The molecule has 1 aliphatic rings. The lowest BCUT2D eigenvalue weighted by molar-refractivity contribution is 0.126. The third kappa shape index (κ3) is 2.72. The van der Waals surface area contributed by atoms with Crippen molar-refractivity contribution in [1.82, 2.24) is 10.1 Å². The molecule has 5 heteroatoms. The van der Waals surface area contributed by atoms with Gasteiger partial charge in [-0.3, -0.25) is 0 Å². The van der Waals surface area contributed by atoms with Gasteiger partial charge in [-0.15, -0.1) is 0 Å². The Labute approximate surface area is 108 Å². The monoisotopic (exact) mass is 253 g/mol. The van der Waals surface area contributed by atoms with Gasteiger partial charge < -0.3 is 15.0 Å². The first-order valence-electron chi connectivity index (χ1n) is 6.81. The molecule has 18 heavy (non-hydrogen) atoms. The zero-order chi connectivity index (χ0) is 13.0. The SMILES string of the molecule is CCOCc1noc(C2(CN)CCC(C)CC2)n1. The lowest BCUT2D eigenvalue weighted by Gasteiger charge is -2.35. The first kappa shape index (κ1) is 13.5. The van der Waals surface area contributed by atoms with Crippen molar-refractivity contribution < 1.29 is 9.26 Å². The van der Waals surface area contributed by atoms with Crippen LogP contribution in [0.15, 0.2) is 4.52 Å². The molecule has 1 heterocycles. The van der Waals surface area contributed by atoms with E-state index in [2.05, 4.69) is 17.1 Å². The summed E-state index contributed by atoms with van der Waals surface area (Å²) >= 11 is 0. The van der Waals surface area contributed by atoms with Crippen LogP contribution in [0.2, 0.25) is 0 Å². The van der Waals surface area contributed by atoms with Crippen molar-refractivity contribution in [1.29, 1.82) is 0 Å². The standard InChI is InChI=1S/C13H23N3O2/c1-3-17-8-11-15-12(18-16-11)13(9-14)6-4-10(2)5-7-13/h10H,3-9,14H2,1-2H3. The molecule has 0 amide bonds. The Morgan fingerprint density at radius 3 is 2.78 bits per heavy atom. The molecule has 0 aliphatic heterocycles. The van der Waals surface area contributed by atoms with Crippen LogP contribution in [0.5, 0.6) is 0 Å². The summed E-state index contributed by atoms with van der Waals surface area (Å²) in [6.45, 7) is 5.89. The van der Waals surface area contributed by atoms with Gasteiger partial charge in [0.2, 0.25) is 5.89 Å². The lowest BCUT2D eigenvalue weighted by atomic mass is 9.71. The van der Waals surface area contributed by atoms with Crippen LogP contribution in [0.25, 0.3) is 0 Å². The Kier molecular flexibility index (Phi) is 4.35. The molecule has 1 fully saturated rings. The quantitative estimate of drug-likeness (QED) is 0.869. The molecule has 2 rings (SSSR count). The third-order valence-corrected chi connectivity index (χ3v) is 3.98. The smallest absolute Gasteiger partial charge is 0.234 e. The minimum Gasteiger partial charge on any atom is -0.374 e. The molecule has 0 spiro atoms. The predicted octanol–water partition coefficient (Wildman–Crippen LogP) is 2.01. The summed E-state index contributed by atoms with van der Waals surface area (Å²) in [7, 11) is 0. The highest BCUT2D eigenvalue weighted by molar-refractivity contribution is 5.08. The van der Waals surface area contributed by atoms with E-state index in [9.17, 15) is 0 Å². The number of nitrogens with two attached hydrogens (primary N) is 1. The highest BCUT2D eigenvalue weighted by atomic mass is 16.5. The number of nitrogens with zero attached hydrogens (tertiary/aromatic N) is 2. The largest absolute Gasteiger partial charge is 0.374 e. The van der Waals surface area contributed by atoms with Crippen molar-refractivity contribution in [2.45, 2.75) is 51.6 Å². The van der Waals surface area contributed by atoms with Crippen LogP contribution in [0.1, 0.15) is 51.2 Å². The van der Waals surface area contributed by atoms with Gasteiger partial charge in [0.15, 0.2) is 5.82 Å². The van der Waals surface area contributed by atoms with E-state index in [0.717, 1.165) is 18.8 Å². The Hall–Kier alpha value is -0.940. The van der Waals surface area contributed by atoms with Crippen molar-refractivity contribution in [2.75, 3.05) is 13.2 Å². The van der Waals surface area contributed by atoms with Gasteiger partial charge in [-0.2, -0.15) is 4.98 Å². The zero-order valence-electron chi connectivity index (χ0n) is 11.3. The molecule has 102 valence electrons. The molecule has 1 aromatic rings. The first-order chi connectivity index (χ1) is 8.70. The molecule has 5 nitrogen and oxygen atoms in total. The molecule has 0 bridgehead atoms. The van der Waals surface area contributed by atoms with Crippen molar-refractivity contribution in [3.05, 3.63) is 11.7 Å². The Balaban J connectivity index is 2.09. The second-order valence-corrected chi connectivity index (χ2v) is 5.32. The molecule has 2 N–H and O–H groups in total. The van der Waals surface area contributed by atoms with Gasteiger partial charge in [0.25, 0.3) is 0 Å². The van der Waals surface area contributed by atoms with E-state index in [0.29, 0.717) is 31.5 Å². The van der Waals surface area contributed by atoms with Gasteiger partial charge in [0.05, 0.1) is 5.41 Å². The highest BCUT2D eigenvalue weighted by Crippen LogP contribution is 2.39. The topological polar surface area (TPSA) is 74.2 Å². The Morgan fingerprint density at radius 1 is 1.44 bits per heavy atom. The number of hydrogen-bond donors (Lipinski definition) is 1. The molecule has 1 saturated carbocycles. The molecular formula is C13H23N3O2. The fraction of sp³-hybridized carbons (Fsp3) is 0.846. The molecule has 1 aliphatic carbocycles. The Morgan fingerprint density at radius 2 is 2.17 bits per heavy atom. The minimum atomic E-state index is -0.107. The number of hydrogen-bond acceptors (Lipinski definition) is 5. The Bertz CT molecular complexity index is 370. The van der Waals surface area contributed by atoms with Crippen LogP contribution in [0, 0.1) is 5.92 Å². The number of aromatic nitrogens is 2. The molecule has 1 aromatic heterocycles. The van der Waals surface area contributed by atoms with E-state index in [1.165, 1.54) is 12.8 Å². The van der Waals surface area contributed by atoms with E-state index in [-0.39, 0.29) is 5.41 Å². The number of rotatable bonds is 5. The number of ether oxygens (including phenoxy) is 1. The van der Waals surface area contributed by atoms with Gasteiger partial charge in [0, 0.05) is 13.2 Å². The van der Waals surface area contributed by atoms with Crippen LogP contribution >= 0.6 is 0 Å². The van der Waals surface area contributed by atoms with Gasteiger partial charge >= 0.3 is 0 Å². The predicted molar refractivity (Wildman–Crippen MR) is 68.0 cm³/mol. The summed E-state index contributed by atoms with van der Waals surface area (Å²) in [5.41, 5.74) is 5.86. The fourth-order valence-corrected chi connectivity index (χ4v) is 2.54. The second kappa shape index (κ2) is 5.80. The van der Waals surface area contributed by atoms with Crippen LogP contribution in [0.4, 0.5) is 0 Å². The summed E-state index contributed by atoms with van der Waals surface area (Å²) < 4.78 is 10.7. The van der Waals surface area contributed by atoms with Crippen molar-refractivity contribution in [2.24, 2.45) is 11.7 Å². The van der Waals surface area contributed by atoms with Crippen molar-refractivity contribution in [3.63, 3.8) is 0 Å². The van der Waals surface area contributed by atoms with E-state index >= 15 is 0 Å². The van der Waals surface area contributed by atoms with Crippen LogP contribution in [-0.2, 0) is 16.8 Å². The first-order valence-corrected chi connectivity index (χ1v) is 6.81. The minimum absolute atomic E-state index is 0.107. The second-order valence-electron chi connectivity index (χ2n) is 5.32. The van der Waals surface area contributed by atoms with Crippen molar-refractivity contribution >= 4 is 0 Å². The van der Waals surface area contributed by atoms with E-state index < -0.39 is 0 Å². The van der Waals surface area contributed by atoms with Gasteiger partial charge in [-0.05, 0) is 38.5 Å². The summed E-state index contributed by atoms with van der Waals surface area (Å²) in [5, 5.41) is 3.97. The van der Waals surface area contributed by atoms with Crippen LogP contribution < -0.4 is 5.73 Å². The average molecular weight is 253 g/mol. The summed E-state index contributed by atoms with van der Waals surface area (Å²) in [6, 6.07) is 0. The van der Waals surface area contributed by atoms with E-state index in [1.54, 1.807) is 0 Å². The molecule has 0 saturated heterocycles. The van der Waals surface area contributed by atoms with Crippen molar-refractivity contribution in [3.8, 4) is 0 Å². The zero-order valence-corrected chi connectivity index (χ0v) is 11.3. The molecule has 0 atom stereocenters. The summed E-state index contributed by atoms with van der Waals surface area (Å²) in [5.74, 6) is 2.10. The lowest BCUT2D eigenvalue weighted by Crippen LogP contribution is -2.39. The van der Waals surface area contributed by atoms with Gasteiger partial charge in [-0.1, -0.05) is 12.1 Å². The molecule has 0 aromatic carbocycles. The van der Waals surface area contributed by atoms with Crippen LogP contribution in [-0.4, -0.2) is 23.3 Å². The fourth-order valence-electron chi connectivity index (χ4n) is 2.54.